The molecule has 0 aliphatic heterocycles. The van der Waals surface area contributed by atoms with Gasteiger partial charge in [0.1, 0.15) is 11.6 Å². The first-order valence-electron chi connectivity index (χ1n) is 5.66. The van der Waals surface area contributed by atoms with Crippen LogP contribution in [0.3, 0.4) is 0 Å². The summed E-state index contributed by atoms with van der Waals surface area (Å²) in [5.41, 5.74) is 7.56. The molecule has 2 rings (SSSR count). The molecule has 1 aliphatic rings. The maximum atomic E-state index is 13.4. The first kappa shape index (κ1) is 11.4. The summed E-state index contributed by atoms with van der Waals surface area (Å²) in [6, 6.07) is 3.32. The molecule has 1 saturated carbocycles. The molecule has 88 valence electrons. The van der Waals surface area contributed by atoms with Crippen molar-refractivity contribution in [1.29, 1.82) is 0 Å². The lowest BCUT2D eigenvalue weighted by molar-refractivity contribution is 0.406. The van der Waals surface area contributed by atoms with E-state index in [2.05, 4.69) is 0 Å². The van der Waals surface area contributed by atoms with Crippen LogP contribution in [-0.4, -0.2) is 12.6 Å². The first-order valence-corrected chi connectivity index (χ1v) is 5.66. The zero-order valence-electron chi connectivity index (χ0n) is 9.85. The van der Waals surface area contributed by atoms with E-state index in [1.807, 2.05) is 0 Å². The van der Waals surface area contributed by atoms with Crippen molar-refractivity contribution < 1.29 is 9.13 Å². The Kier molecular flexibility index (Phi) is 2.89. The highest BCUT2D eigenvalue weighted by Crippen LogP contribution is 2.37. The summed E-state index contributed by atoms with van der Waals surface area (Å²) in [5.74, 6) is 0.598. The number of methoxy groups -OCH3 is 1. The van der Waals surface area contributed by atoms with Gasteiger partial charge in [0.05, 0.1) is 7.11 Å². The zero-order valence-corrected chi connectivity index (χ0v) is 9.85. The van der Waals surface area contributed by atoms with Crippen LogP contribution < -0.4 is 10.5 Å². The number of rotatable bonds is 4. The van der Waals surface area contributed by atoms with Gasteiger partial charge in [0.15, 0.2) is 0 Å². The molecule has 1 aromatic carbocycles. The molecule has 0 heterocycles. The summed E-state index contributed by atoms with van der Waals surface area (Å²) in [4.78, 5) is 0. The molecule has 0 unspecified atom stereocenters. The van der Waals surface area contributed by atoms with Crippen molar-refractivity contribution in [3.05, 3.63) is 29.1 Å². The minimum atomic E-state index is -0.169. The molecule has 0 amide bonds. The quantitative estimate of drug-likeness (QED) is 0.851. The third-order valence-electron chi connectivity index (χ3n) is 3.35. The summed E-state index contributed by atoms with van der Waals surface area (Å²) in [5, 5.41) is 0. The molecule has 1 aromatic rings. The van der Waals surface area contributed by atoms with Crippen LogP contribution in [0.15, 0.2) is 12.1 Å². The number of halogens is 1. The lowest BCUT2D eigenvalue weighted by Crippen LogP contribution is -2.22. The van der Waals surface area contributed by atoms with Crippen LogP contribution >= 0.6 is 0 Å². The largest absolute Gasteiger partial charge is 0.496 e. The molecule has 0 saturated heterocycles. The second kappa shape index (κ2) is 4.06. The van der Waals surface area contributed by atoms with Crippen molar-refractivity contribution in [2.24, 2.45) is 5.73 Å². The number of hydrogen-bond donors (Lipinski definition) is 1. The molecule has 0 radical (unpaired) electrons. The second-order valence-electron chi connectivity index (χ2n) is 4.78. The molecule has 2 N–H and O–H groups in total. The van der Waals surface area contributed by atoms with E-state index in [9.17, 15) is 4.39 Å². The van der Waals surface area contributed by atoms with Crippen molar-refractivity contribution in [3.63, 3.8) is 0 Å². The van der Waals surface area contributed by atoms with Gasteiger partial charge in [-0.3, -0.25) is 0 Å². The zero-order chi connectivity index (χ0) is 11.8. The van der Waals surface area contributed by atoms with E-state index in [0.29, 0.717) is 5.56 Å². The average Bonchev–Trinajstić information content (AvgIpc) is 2.98. The van der Waals surface area contributed by atoms with Crippen LogP contribution in [0, 0.1) is 12.7 Å². The van der Waals surface area contributed by atoms with Crippen LogP contribution in [0.25, 0.3) is 0 Å². The van der Waals surface area contributed by atoms with Crippen molar-refractivity contribution in [1.82, 2.24) is 0 Å². The second-order valence-corrected chi connectivity index (χ2v) is 4.78. The van der Waals surface area contributed by atoms with Gasteiger partial charge >= 0.3 is 0 Å². The fourth-order valence-electron chi connectivity index (χ4n) is 1.88. The van der Waals surface area contributed by atoms with E-state index in [4.69, 9.17) is 10.5 Å². The van der Waals surface area contributed by atoms with E-state index >= 15 is 0 Å². The smallest absolute Gasteiger partial charge is 0.126 e. The Labute approximate surface area is 95.6 Å². The van der Waals surface area contributed by atoms with E-state index < -0.39 is 0 Å². The molecule has 2 nitrogen and oxygen atoms in total. The van der Waals surface area contributed by atoms with Gasteiger partial charge in [0.2, 0.25) is 0 Å². The van der Waals surface area contributed by atoms with Crippen molar-refractivity contribution in [2.45, 2.75) is 38.1 Å². The maximum absolute atomic E-state index is 13.4. The summed E-state index contributed by atoms with van der Waals surface area (Å²) >= 11 is 0. The minimum absolute atomic E-state index is 0.00632. The molecule has 0 atom stereocenters. The summed E-state index contributed by atoms with van der Waals surface area (Å²) in [6.45, 7) is 1.74. The maximum Gasteiger partial charge on any atom is 0.126 e. The van der Waals surface area contributed by atoms with E-state index in [1.54, 1.807) is 26.2 Å². The fourth-order valence-corrected chi connectivity index (χ4v) is 1.88. The van der Waals surface area contributed by atoms with Crippen LogP contribution in [0.4, 0.5) is 4.39 Å². The molecule has 0 spiro atoms. The highest BCUT2D eigenvalue weighted by Gasteiger charge is 2.37. The highest BCUT2D eigenvalue weighted by atomic mass is 19.1. The predicted octanol–water partition coefficient (Wildman–Crippen LogP) is 2.57. The standard InChI is InChI=1S/C13H18FNO/c1-9-7-12(16-2)10(8-11(9)14)3-4-13(15)5-6-13/h7-8H,3-6,15H2,1-2H3. The van der Waals surface area contributed by atoms with Gasteiger partial charge < -0.3 is 10.5 Å². The lowest BCUT2D eigenvalue weighted by Gasteiger charge is -2.12. The normalized spacial score (nSPS) is 17.2. The number of ether oxygens (including phenoxy) is 1. The Bertz CT molecular complexity index is 399. The molecule has 0 bridgehead atoms. The van der Waals surface area contributed by atoms with Crippen LogP contribution in [-0.2, 0) is 6.42 Å². The molecular formula is C13H18FNO. The average molecular weight is 223 g/mol. The topological polar surface area (TPSA) is 35.2 Å². The summed E-state index contributed by atoms with van der Waals surface area (Å²) < 4.78 is 18.7. The number of benzene rings is 1. The lowest BCUT2D eigenvalue weighted by atomic mass is 10.0. The third-order valence-corrected chi connectivity index (χ3v) is 3.35. The molecule has 0 aromatic heterocycles. The number of aryl methyl sites for hydroxylation is 2. The van der Waals surface area contributed by atoms with Crippen molar-refractivity contribution in [3.8, 4) is 5.75 Å². The Balaban J connectivity index is 2.14. The van der Waals surface area contributed by atoms with Gasteiger partial charge in [-0.2, -0.15) is 0 Å². The Morgan fingerprint density at radius 2 is 2.12 bits per heavy atom. The third kappa shape index (κ3) is 2.35. The van der Waals surface area contributed by atoms with Crippen LogP contribution in [0.2, 0.25) is 0 Å². The van der Waals surface area contributed by atoms with Gasteiger partial charge in [0, 0.05) is 5.54 Å². The molecule has 1 fully saturated rings. The van der Waals surface area contributed by atoms with Crippen molar-refractivity contribution in [2.75, 3.05) is 7.11 Å². The van der Waals surface area contributed by atoms with E-state index in [-0.39, 0.29) is 11.4 Å². The minimum Gasteiger partial charge on any atom is -0.496 e. The highest BCUT2D eigenvalue weighted by molar-refractivity contribution is 5.38. The monoisotopic (exact) mass is 223 g/mol. The van der Waals surface area contributed by atoms with Gasteiger partial charge in [-0.25, -0.2) is 4.39 Å². The molecule has 1 aliphatic carbocycles. The van der Waals surface area contributed by atoms with E-state index in [1.165, 1.54) is 0 Å². The molecule has 16 heavy (non-hydrogen) atoms. The Morgan fingerprint density at radius 1 is 1.44 bits per heavy atom. The number of hydrogen-bond acceptors (Lipinski definition) is 2. The van der Waals surface area contributed by atoms with Gasteiger partial charge in [-0.05, 0) is 55.9 Å². The summed E-state index contributed by atoms with van der Waals surface area (Å²) in [7, 11) is 1.62. The van der Waals surface area contributed by atoms with Crippen LogP contribution in [0.5, 0.6) is 5.75 Å². The SMILES string of the molecule is COc1cc(C)c(F)cc1CCC1(N)CC1. The van der Waals surface area contributed by atoms with Crippen molar-refractivity contribution >= 4 is 0 Å². The molecule has 3 heteroatoms. The fraction of sp³-hybridized carbons (Fsp3) is 0.538. The number of nitrogens with two attached hydrogens (primary N) is 1. The van der Waals surface area contributed by atoms with Gasteiger partial charge in [-0.15, -0.1) is 0 Å². The first-order chi connectivity index (χ1) is 7.54. The predicted molar refractivity (Wildman–Crippen MR) is 62.2 cm³/mol. The Hall–Kier alpha value is -1.09. The van der Waals surface area contributed by atoms with Crippen LogP contribution in [0.1, 0.15) is 30.4 Å². The summed E-state index contributed by atoms with van der Waals surface area (Å²) in [6.07, 6.45) is 3.87. The Morgan fingerprint density at radius 3 is 2.69 bits per heavy atom. The van der Waals surface area contributed by atoms with E-state index in [0.717, 1.165) is 37.0 Å². The van der Waals surface area contributed by atoms with Gasteiger partial charge in [-0.1, -0.05) is 0 Å². The molecular weight excluding hydrogens is 205 g/mol. The van der Waals surface area contributed by atoms with Gasteiger partial charge in [0.25, 0.3) is 0 Å².